The van der Waals surface area contributed by atoms with Crippen molar-refractivity contribution in [2.24, 2.45) is 0 Å². The fourth-order valence-corrected chi connectivity index (χ4v) is 3.06. The van der Waals surface area contributed by atoms with Crippen LogP contribution in [0.4, 0.5) is 0 Å². The van der Waals surface area contributed by atoms with E-state index in [-0.39, 0.29) is 5.91 Å². The molecule has 0 bridgehead atoms. The molecular weight excluding hydrogens is 324 g/mol. The van der Waals surface area contributed by atoms with E-state index in [1.54, 1.807) is 4.90 Å². The molecule has 7 heteroatoms. The van der Waals surface area contributed by atoms with Crippen LogP contribution in [0.3, 0.4) is 0 Å². The van der Waals surface area contributed by atoms with E-state index in [9.17, 15) is 4.79 Å². The maximum Gasteiger partial charge on any atom is 0.259 e. The van der Waals surface area contributed by atoms with Crippen molar-refractivity contribution in [3.63, 3.8) is 0 Å². The Morgan fingerprint density at radius 3 is 2.60 bits per heavy atom. The number of fused-ring (bicyclic) bond motifs is 1. The summed E-state index contributed by atoms with van der Waals surface area (Å²) < 4.78 is 8.29. The fraction of sp³-hybridized carbons (Fsp3) is 0.462. The number of carbonyl (C=O) groups excluding carboxylic acids is 1. The first-order valence-corrected chi connectivity index (χ1v) is 7.21. The van der Waals surface area contributed by atoms with Gasteiger partial charge in [-0.05, 0) is 36.7 Å². The molecule has 0 spiro atoms. The van der Waals surface area contributed by atoms with E-state index in [4.69, 9.17) is 4.42 Å². The molecule has 0 saturated carbocycles. The van der Waals surface area contributed by atoms with Gasteiger partial charge in [-0.1, -0.05) is 0 Å². The highest BCUT2D eigenvalue weighted by atomic mass is 79.9. The summed E-state index contributed by atoms with van der Waals surface area (Å²) in [6, 6.07) is 0. The Balaban J connectivity index is 1.89. The second-order valence-corrected chi connectivity index (χ2v) is 5.74. The first-order valence-electron chi connectivity index (χ1n) is 6.42. The summed E-state index contributed by atoms with van der Waals surface area (Å²) in [6.45, 7) is 7.43. The molecule has 0 aromatic carbocycles. The van der Waals surface area contributed by atoms with Gasteiger partial charge in [-0.15, -0.1) is 10.2 Å². The van der Waals surface area contributed by atoms with Crippen molar-refractivity contribution >= 4 is 21.8 Å². The molecular formula is C13H15BrN4O2. The lowest BCUT2D eigenvalue weighted by Crippen LogP contribution is -2.38. The van der Waals surface area contributed by atoms with E-state index in [0.717, 1.165) is 28.4 Å². The molecule has 0 fully saturated rings. The van der Waals surface area contributed by atoms with Crippen LogP contribution in [0.15, 0.2) is 8.89 Å². The van der Waals surface area contributed by atoms with E-state index in [2.05, 4.69) is 26.1 Å². The van der Waals surface area contributed by atoms with Crippen LogP contribution >= 0.6 is 15.9 Å². The predicted molar refractivity (Wildman–Crippen MR) is 75.4 cm³/mol. The summed E-state index contributed by atoms with van der Waals surface area (Å²) in [5.74, 6) is 3.06. The largest absolute Gasteiger partial charge is 0.465 e. The van der Waals surface area contributed by atoms with Crippen molar-refractivity contribution in [2.45, 2.75) is 33.9 Å². The van der Waals surface area contributed by atoms with Gasteiger partial charge in [0.05, 0.1) is 16.6 Å². The van der Waals surface area contributed by atoms with Gasteiger partial charge in [-0.25, -0.2) is 0 Å². The minimum absolute atomic E-state index is 0.0295. The minimum atomic E-state index is -0.0295. The summed E-state index contributed by atoms with van der Waals surface area (Å²) in [4.78, 5) is 14.4. The van der Waals surface area contributed by atoms with Crippen LogP contribution in [0.25, 0.3) is 0 Å². The van der Waals surface area contributed by atoms with Crippen LogP contribution in [0.1, 0.15) is 33.5 Å². The van der Waals surface area contributed by atoms with E-state index in [1.165, 1.54) is 0 Å². The van der Waals surface area contributed by atoms with Crippen molar-refractivity contribution in [1.29, 1.82) is 0 Å². The third kappa shape index (κ3) is 1.96. The number of nitrogens with zero attached hydrogens (tertiary/aromatic N) is 4. The summed E-state index contributed by atoms with van der Waals surface area (Å²) in [7, 11) is 0. The molecule has 1 aliphatic rings. The molecule has 20 heavy (non-hydrogen) atoms. The Morgan fingerprint density at radius 1 is 1.20 bits per heavy atom. The van der Waals surface area contributed by atoms with E-state index < -0.39 is 0 Å². The van der Waals surface area contributed by atoms with Crippen LogP contribution in [0, 0.1) is 20.8 Å². The zero-order valence-electron chi connectivity index (χ0n) is 11.6. The highest BCUT2D eigenvalue weighted by Crippen LogP contribution is 2.29. The lowest BCUT2D eigenvalue weighted by atomic mass is 10.2. The molecule has 0 unspecified atom stereocenters. The fourth-order valence-electron chi connectivity index (χ4n) is 2.54. The molecule has 1 aliphatic heterocycles. The zero-order chi connectivity index (χ0) is 14.4. The Morgan fingerprint density at radius 2 is 1.95 bits per heavy atom. The van der Waals surface area contributed by atoms with Gasteiger partial charge in [0.25, 0.3) is 5.91 Å². The van der Waals surface area contributed by atoms with Crippen molar-refractivity contribution in [2.75, 3.05) is 6.54 Å². The minimum Gasteiger partial charge on any atom is -0.465 e. The van der Waals surface area contributed by atoms with Crippen LogP contribution in [0.5, 0.6) is 0 Å². The highest BCUT2D eigenvalue weighted by molar-refractivity contribution is 9.10. The smallest absolute Gasteiger partial charge is 0.259 e. The molecule has 0 radical (unpaired) electrons. The average molecular weight is 339 g/mol. The Hall–Kier alpha value is -1.63. The quantitative estimate of drug-likeness (QED) is 0.799. The molecule has 2 aromatic rings. The molecule has 6 nitrogen and oxygen atoms in total. The molecule has 0 atom stereocenters. The standard InChI is InChI=1S/C13H15BrN4O2/c1-7-11(12(14)8(2)20-7)13(19)17-4-5-18-9(3)15-16-10(18)6-17/h4-6H2,1-3H3. The van der Waals surface area contributed by atoms with Gasteiger partial charge in [-0.2, -0.15) is 0 Å². The maximum atomic E-state index is 12.6. The summed E-state index contributed by atoms with van der Waals surface area (Å²) in [6.07, 6.45) is 0. The van der Waals surface area contributed by atoms with Gasteiger partial charge in [0.1, 0.15) is 17.3 Å². The van der Waals surface area contributed by atoms with Crippen molar-refractivity contribution in [1.82, 2.24) is 19.7 Å². The Kier molecular flexibility index (Phi) is 3.16. The number of amides is 1. The van der Waals surface area contributed by atoms with Gasteiger partial charge in [0.15, 0.2) is 5.82 Å². The Labute approximate surface area is 124 Å². The second-order valence-electron chi connectivity index (χ2n) is 4.95. The number of carbonyl (C=O) groups is 1. The number of aromatic nitrogens is 3. The van der Waals surface area contributed by atoms with Crippen molar-refractivity contribution in [3.05, 3.63) is 33.2 Å². The number of aryl methyl sites for hydroxylation is 3. The van der Waals surface area contributed by atoms with E-state index >= 15 is 0 Å². The molecule has 0 saturated heterocycles. The third-order valence-electron chi connectivity index (χ3n) is 3.63. The maximum absolute atomic E-state index is 12.6. The molecule has 1 amide bonds. The number of halogens is 1. The number of hydrogen-bond acceptors (Lipinski definition) is 4. The van der Waals surface area contributed by atoms with Crippen LogP contribution in [-0.4, -0.2) is 32.1 Å². The molecule has 3 heterocycles. The average Bonchev–Trinajstić information content (AvgIpc) is 2.90. The molecule has 0 aliphatic carbocycles. The van der Waals surface area contributed by atoms with Gasteiger partial charge >= 0.3 is 0 Å². The van der Waals surface area contributed by atoms with Gasteiger partial charge in [0.2, 0.25) is 0 Å². The first-order chi connectivity index (χ1) is 9.49. The molecule has 3 rings (SSSR count). The van der Waals surface area contributed by atoms with Crippen molar-refractivity contribution < 1.29 is 9.21 Å². The van der Waals surface area contributed by atoms with Crippen LogP contribution < -0.4 is 0 Å². The zero-order valence-corrected chi connectivity index (χ0v) is 13.2. The topological polar surface area (TPSA) is 64.2 Å². The molecule has 106 valence electrons. The highest BCUT2D eigenvalue weighted by Gasteiger charge is 2.28. The Bertz CT molecular complexity index is 689. The lowest BCUT2D eigenvalue weighted by Gasteiger charge is -2.27. The molecule has 2 aromatic heterocycles. The lowest BCUT2D eigenvalue weighted by molar-refractivity contribution is 0.0704. The normalized spacial score (nSPS) is 14.5. The van der Waals surface area contributed by atoms with Gasteiger partial charge < -0.3 is 13.9 Å². The number of rotatable bonds is 1. The predicted octanol–water partition coefficient (Wildman–Crippen LogP) is 2.21. The van der Waals surface area contributed by atoms with Crippen LogP contribution in [0.2, 0.25) is 0 Å². The summed E-state index contributed by atoms with van der Waals surface area (Å²) in [5, 5.41) is 8.17. The van der Waals surface area contributed by atoms with Crippen molar-refractivity contribution in [3.8, 4) is 0 Å². The van der Waals surface area contributed by atoms with Gasteiger partial charge in [0, 0.05) is 13.1 Å². The SMILES string of the molecule is Cc1oc(C)c(C(=O)N2CCn3c(C)nnc3C2)c1Br. The van der Waals surface area contributed by atoms with Gasteiger partial charge in [-0.3, -0.25) is 4.79 Å². The third-order valence-corrected chi connectivity index (χ3v) is 4.58. The van der Waals surface area contributed by atoms with Crippen LogP contribution in [-0.2, 0) is 13.1 Å². The number of furan rings is 1. The first kappa shape index (κ1) is 13.4. The monoisotopic (exact) mass is 338 g/mol. The molecule has 0 N–H and O–H groups in total. The second kappa shape index (κ2) is 4.73. The van der Waals surface area contributed by atoms with E-state index in [0.29, 0.717) is 24.4 Å². The number of hydrogen-bond donors (Lipinski definition) is 0. The summed E-state index contributed by atoms with van der Waals surface area (Å²) >= 11 is 3.43. The summed E-state index contributed by atoms with van der Waals surface area (Å²) in [5.41, 5.74) is 0.604. The van der Waals surface area contributed by atoms with E-state index in [1.807, 2.05) is 25.3 Å².